The molecule has 0 atom stereocenters. The van der Waals surface area contributed by atoms with Crippen molar-refractivity contribution in [3.05, 3.63) is 48.4 Å². The Balaban J connectivity index is 1.98. The quantitative estimate of drug-likeness (QED) is 0.612. The van der Waals surface area contributed by atoms with E-state index in [0.717, 1.165) is 39.3 Å². The van der Waals surface area contributed by atoms with Gasteiger partial charge in [0.05, 0.1) is 24.1 Å². The van der Waals surface area contributed by atoms with Crippen molar-refractivity contribution >= 4 is 16.6 Å². The summed E-state index contributed by atoms with van der Waals surface area (Å²) in [6.07, 6.45) is 3.69. The van der Waals surface area contributed by atoms with Crippen LogP contribution < -0.4 is 4.74 Å². The molecular weight excluding hydrogens is 264 g/mol. The molecule has 0 aliphatic heterocycles. The van der Waals surface area contributed by atoms with Gasteiger partial charge in [0.2, 0.25) is 0 Å². The Morgan fingerprint density at radius 2 is 2.14 bits per heavy atom. The fourth-order valence-electron chi connectivity index (χ4n) is 2.68. The maximum atomic E-state index is 5.27. The zero-order valence-electron chi connectivity index (χ0n) is 11.8. The van der Waals surface area contributed by atoms with Crippen LogP contribution in [0, 0.1) is 6.92 Å². The standard InChI is InChI=1S/C16H14N4O/c1-10-15(16-17-6-3-7-20(16)19-10)14-9-11-8-12(21-2)4-5-13(11)18-14/h3-9,18H,1-2H3. The van der Waals surface area contributed by atoms with Gasteiger partial charge in [0, 0.05) is 23.3 Å². The number of methoxy groups -OCH3 is 1. The van der Waals surface area contributed by atoms with Crippen LogP contribution in [-0.4, -0.2) is 26.7 Å². The largest absolute Gasteiger partial charge is 0.497 e. The third kappa shape index (κ3) is 1.78. The summed E-state index contributed by atoms with van der Waals surface area (Å²) in [5.41, 5.74) is 4.93. The Morgan fingerprint density at radius 3 is 3.00 bits per heavy atom. The molecule has 0 bridgehead atoms. The van der Waals surface area contributed by atoms with Crippen LogP contribution in [0.4, 0.5) is 0 Å². The number of benzene rings is 1. The highest BCUT2D eigenvalue weighted by Gasteiger charge is 2.14. The molecular formula is C16H14N4O. The predicted molar refractivity (Wildman–Crippen MR) is 81.6 cm³/mol. The molecule has 0 radical (unpaired) electrons. The van der Waals surface area contributed by atoms with Gasteiger partial charge in [-0.05, 0) is 37.3 Å². The number of aryl methyl sites for hydroxylation is 1. The lowest BCUT2D eigenvalue weighted by molar-refractivity contribution is 0.415. The number of rotatable bonds is 2. The van der Waals surface area contributed by atoms with Gasteiger partial charge < -0.3 is 9.72 Å². The SMILES string of the molecule is COc1ccc2[nH]c(-c3c(C)nn4cccnc34)cc2c1. The molecule has 5 heteroatoms. The molecule has 0 aliphatic carbocycles. The van der Waals surface area contributed by atoms with E-state index in [1.807, 2.05) is 37.4 Å². The monoisotopic (exact) mass is 278 g/mol. The van der Waals surface area contributed by atoms with Crippen LogP contribution in [0.15, 0.2) is 42.7 Å². The lowest BCUT2D eigenvalue weighted by atomic mass is 10.1. The van der Waals surface area contributed by atoms with Crippen LogP contribution in [0.1, 0.15) is 5.69 Å². The molecule has 3 aromatic heterocycles. The minimum atomic E-state index is 0.850. The van der Waals surface area contributed by atoms with E-state index in [2.05, 4.69) is 21.1 Å². The van der Waals surface area contributed by atoms with Gasteiger partial charge >= 0.3 is 0 Å². The van der Waals surface area contributed by atoms with E-state index in [-0.39, 0.29) is 0 Å². The fraction of sp³-hybridized carbons (Fsp3) is 0.125. The van der Waals surface area contributed by atoms with Crippen LogP contribution in [0.3, 0.4) is 0 Å². The molecule has 0 fully saturated rings. The summed E-state index contributed by atoms with van der Waals surface area (Å²) in [6.45, 7) is 2.00. The Morgan fingerprint density at radius 1 is 1.24 bits per heavy atom. The molecule has 0 amide bonds. The van der Waals surface area contributed by atoms with Gasteiger partial charge in [0.15, 0.2) is 5.65 Å². The second-order valence-corrected chi connectivity index (χ2v) is 4.98. The van der Waals surface area contributed by atoms with E-state index in [1.54, 1.807) is 17.8 Å². The predicted octanol–water partition coefficient (Wildman–Crippen LogP) is 3.19. The van der Waals surface area contributed by atoms with Crippen molar-refractivity contribution in [2.75, 3.05) is 7.11 Å². The molecule has 104 valence electrons. The highest BCUT2D eigenvalue weighted by atomic mass is 16.5. The zero-order valence-corrected chi connectivity index (χ0v) is 11.8. The van der Waals surface area contributed by atoms with E-state index in [0.29, 0.717) is 0 Å². The van der Waals surface area contributed by atoms with Crippen molar-refractivity contribution in [3.63, 3.8) is 0 Å². The lowest BCUT2D eigenvalue weighted by Crippen LogP contribution is -1.87. The van der Waals surface area contributed by atoms with Gasteiger partial charge in [-0.1, -0.05) is 0 Å². The van der Waals surface area contributed by atoms with Gasteiger partial charge in [-0.25, -0.2) is 9.50 Å². The molecule has 4 aromatic rings. The normalized spacial score (nSPS) is 11.3. The first-order chi connectivity index (χ1) is 10.3. The number of hydrogen-bond acceptors (Lipinski definition) is 3. The molecule has 1 N–H and O–H groups in total. The third-order valence-corrected chi connectivity index (χ3v) is 3.67. The second-order valence-electron chi connectivity index (χ2n) is 4.98. The number of aromatic amines is 1. The number of hydrogen-bond donors (Lipinski definition) is 1. The van der Waals surface area contributed by atoms with E-state index in [1.165, 1.54) is 0 Å². The van der Waals surface area contributed by atoms with Crippen molar-refractivity contribution in [2.45, 2.75) is 6.92 Å². The molecule has 5 nitrogen and oxygen atoms in total. The first-order valence-corrected chi connectivity index (χ1v) is 6.73. The minimum absolute atomic E-state index is 0.850. The molecule has 21 heavy (non-hydrogen) atoms. The summed E-state index contributed by atoms with van der Waals surface area (Å²) in [5, 5.41) is 5.61. The highest BCUT2D eigenvalue weighted by Crippen LogP contribution is 2.30. The molecule has 0 unspecified atom stereocenters. The van der Waals surface area contributed by atoms with Crippen LogP contribution in [0.2, 0.25) is 0 Å². The van der Waals surface area contributed by atoms with E-state index >= 15 is 0 Å². The topological polar surface area (TPSA) is 55.2 Å². The Kier molecular flexibility index (Phi) is 2.47. The Bertz CT molecular complexity index is 951. The third-order valence-electron chi connectivity index (χ3n) is 3.67. The maximum Gasteiger partial charge on any atom is 0.164 e. The van der Waals surface area contributed by atoms with Crippen LogP contribution >= 0.6 is 0 Å². The first kappa shape index (κ1) is 12.0. The molecule has 4 rings (SSSR count). The van der Waals surface area contributed by atoms with Crippen LogP contribution in [-0.2, 0) is 0 Å². The van der Waals surface area contributed by atoms with Crippen molar-refractivity contribution in [1.29, 1.82) is 0 Å². The number of fused-ring (bicyclic) bond motifs is 2. The van der Waals surface area contributed by atoms with Gasteiger partial charge in [-0.15, -0.1) is 0 Å². The summed E-state index contributed by atoms with van der Waals surface area (Å²) in [6, 6.07) is 9.97. The second kappa shape index (κ2) is 4.34. The van der Waals surface area contributed by atoms with E-state index in [9.17, 15) is 0 Å². The average molecular weight is 278 g/mol. The summed E-state index contributed by atoms with van der Waals surface area (Å²) in [7, 11) is 1.67. The highest BCUT2D eigenvalue weighted by molar-refractivity contribution is 5.90. The maximum absolute atomic E-state index is 5.27. The summed E-state index contributed by atoms with van der Waals surface area (Å²) >= 11 is 0. The number of ether oxygens (including phenoxy) is 1. The number of H-pyrrole nitrogens is 1. The van der Waals surface area contributed by atoms with Crippen LogP contribution in [0.25, 0.3) is 27.8 Å². The smallest absolute Gasteiger partial charge is 0.164 e. The molecule has 0 spiro atoms. The lowest BCUT2D eigenvalue weighted by Gasteiger charge is -1.97. The van der Waals surface area contributed by atoms with Gasteiger partial charge in [0.1, 0.15) is 5.75 Å². The molecule has 3 heterocycles. The van der Waals surface area contributed by atoms with Gasteiger partial charge in [-0.3, -0.25) is 0 Å². The number of nitrogens with zero attached hydrogens (tertiary/aromatic N) is 3. The zero-order chi connectivity index (χ0) is 14.4. The minimum Gasteiger partial charge on any atom is -0.497 e. The molecule has 0 aliphatic rings. The molecule has 0 saturated carbocycles. The summed E-state index contributed by atoms with van der Waals surface area (Å²) in [4.78, 5) is 7.87. The first-order valence-electron chi connectivity index (χ1n) is 6.73. The van der Waals surface area contributed by atoms with Gasteiger partial charge in [-0.2, -0.15) is 5.10 Å². The fourth-order valence-corrected chi connectivity index (χ4v) is 2.68. The Hall–Kier alpha value is -2.82. The van der Waals surface area contributed by atoms with Crippen molar-refractivity contribution in [1.82, 2.24) is 19.6 Å². The molecule has 0 saturated heterocycles. The summed E-state index contributed by atoms with van der Waals surface area (Å²) in [5.74, 6) is 0.850. The average Bonchev–Trinajstić information content (AvgIpc) is 3.05. The number of nitrogens with one attached hydrogen (secondary N) is 1. The van der Waals surface area contributed by atoms with Crippen molar-refractivity contribution in [2.24, 2.45) is 0 Å². The molecule has 1 aromatic carbocycles. The van der Waals surface area contributed by atoms with Crippen LogP contribution in [0.5, 0.6) is 5.75 Å². The summed E-state index contributed by atoms with van der Waals surface area (Å²) < 4.78 is 7.08. The van der Waals surface area contributed by atoms with E-state index in [4.69, 9.17) is 4.74 Å². The van der Waals surface area contributed by atoms with E-state index < -0.39 is 0 Å². The van der Waals surface area contributed by atoms with Crippen molar-refractivity contribution in [3.8, 4) is 17.0 Å². The Labute approximate surface area is 121 Å². The number of aromatic nitrogens is 4. The van der Waals surface area contributed by atoms with Crippen molar-refractivity contribution < 1.29 is 4.74 Å². The van der Waals surface area contributed by atoms with Gasteiger partial charge in [0.25, 0.3) is 0 Å².